The van der Waals surface area contributed by atoms with Gasteiger partial charge in [-0.2, -0.15) is 20.2 Å². The molecule has 0 aliphatic rings. The first-order chi connectivity index (χ1) is 31.8. The topological polar surface area (TPSA) is 469 Å². The van der Waals surface area contributed by atoms with Crippen LogP contribution in [0.3, 0.4) is 0 Å². The number of azo groups is 2. The Morgan fingerprint density at radius 1 is 0.514 bits per heavy atom. The minimum Gasteiger partial charge on any atom is -0.871 e. The largest absolute Gasteiger partial charge is 2.00 e. The second kappa shape index (κ2) is 27.7. The van der Waals surface area contributed by atoms with Gasteiger partial charge in [-0.05, 0) is 82.2 Å². The third kappa shape index (κ3) is 16.7. The van der Waals surface area contributed by atoms with Gasteiger partial charge in [-0.3, -0.25) is 4.98 Å². The van der Waals surface area contributed by atoms with Crippen LogP contribution in [0.15, 0.2) is 130 Å². The minimum absolute atomic E-state index is 0. The summed E-state index contributed by atoms with van der Waals surface area (Å²) in [6.07, 6.45) is 0. The first-order valence-corrected chi connectivity index (χ1v) is 23.9. The van der Waals surface area contributed by atoms with Crippen LogP contribution in [-0.2, 0) is 74.6 Å². The van der Waals surface area contributed by atoms with Gasteiger partial charge in [0.05, 0.1) is 55.5 Å². The summed E-state index contributed by atoms with van der Waals surface area (Å²) in [6.45, 7) is -0.625. The zero-order valence-corrected chi connectivity index (χ0v) is 51.0. The van der Waals surface area contributed by atoms with E-state index in [1.54, 1.807) is 0 Å². The third-order valence-electron chi connectivity index (χ3n) is 9.09. The molecule has 0 atom stereocenters. The maximum Gasteiger partial charge on any atom is 2.00 e. The molecule has 1 aromatic heterocycles. The van der Waals surface area contributed by atoms with Crippen molar-refractivity contribution in [2.24, 2.45) is 25.4 Å². The Balaban J connectivity index is 0.00000456. The molecule has 0 aliphatic heterocycles. The summed E-state index contributed by atoms with van der Waals surface area (Å²) in [7, 11) is -21.1. The normalized spacial score (nSPS) is 11.6. The average molecular weight is 1230 g/mol. The van der Waals surface area contributed by atoms with Crippen molar-refractivity contribution in [2.45, 2.75) is 19.6 Å². The molecule has 372 valence electrons. The number of hydrogen-bond donors (Lipinski definition) is 4. The van der Waals surface area contributed by atoms with Crippen molar-refractivity contribution < 1.29 is 230 Å². The average Bonchev–Trinajstić information content (AvgIpc) is 3.24. The van der Waals surface area contributed by atoms with Crippen molar-refractivity contribution in [3.63, 3.8) is 0 Å². The summed E-state index contributed by atoms with van der Waals surface area (Å²) in [5.74, 6) is -4.55. The maximum atomic E-state index is 13.5. The van der Waals surface area contributed by atoms with E-state index in [-0.39, 0.29) is 209 Å². The molecule has 4 N–H and O–H groups in total. The molecule has 27 nitrogen and oxygen atoms in total. The summed E-state index contributed by atoms with van der Waals surface area (Å²) in [5.41, 5.74) is -3.68. The molecule has 1 heterocycles. The number of aromatic amines is 1. The number of H-pyrrole nitrogens is 1. The zero-order valence-electron chi connectivity index (χ0n) is 37.8. The van der Waals surface area contributed by atoms with Crippen LogP contribution in [0.25, 0.3) is 21.5 Å². The molecular weight excluding hydrogens is 1200 g/mol. The minimum atomic E-state index is -5.49. The van der Waals surface area contributed by atoms with Gasteiger partial charge < -0.3 is 54.4 Å². The summed E-state index contributed by atoms with van der Waals surface area (Å²) >= 11 is 0. The van der Waals surface area contributed by atoms with E-state index in [1.807, 2.05) is 0 Å². The van der Waals surface area contributed by atoms with Crippen LogP contribution in [0.1, 0.15) is 0 Å². The first-order valence-electron chi connectivity index (χ1n) is 18.3. The Kier molecular flexibility index (Phi) is 26.0. The standard InChI is InChI=1S/C37H30N10O17S4.2Cu.4Na/c48-10-9-38-35-41-36(39-19-1-5-23-17(11-19)13-29(67(59,60)61)31(33(23)51)46-44-25-15-21(65(53,54)55)3-7-27(25)49)43-37(42-35)40-20-2-6-24-18(12-20)14-30(68(62,63)64)32(34(24)52)47-45-26-16-22(66(56,57)58)4-8-28(26)50;;;;;;/h1-8,11-16,48-52H,9-10H2,(H,53,54,55)(H,56,57,58)(H,59,60,61)(H,62,63,64)(H3,38,39,40,41,42,43);;;;;;/q;2*+2;4*+1/p-8. The number of nitrogens with zero attached hydrogens (tertiary/aromatic N) is 7. The van der Waals surface area contributed by atoms with E-state index in [0.717, 1.165) is 12.1 Å². The Morgan fingerprint density at radius 3 is 1.23 bits per heavy atom. The van der Waals surface area contributed by atoms with E-state index in [9.17, 15) is 77.4 Å². The van der Waals surface area contributed by atoms with Crippen LogP contribution < -0.4 is 155 Å². The van der Waals surface area contributed by atoms with Crippen LogP contribution in [0.2, 0.25) is 0 Å². The number of fused-ring (bicyclic) bond motifs is 2. The number of aromatic nitrogens is 3. The van der Waals surface area contributed by atoms with E-state index >= 15 is 0 Å². The molecule has 0 saturated heterocycles. The molecule has 0 saturated carbocycles. The van der Waals surface area contributed by atoms with E-state index in [2.05, 4.69) is 51.0 Å². The molecule has 7 aromatic rings. The Morgan fingerprint density at radius 2 is 0.892 bits per heavy atom. The van der Waals surface area contributed by atoms with Crippen LogP contribution >= 0.6 is 0 Å². The summed E-state index contributed by atoms with van der Waals surface area (Å²) < 4.78 is 143. The fraction of sp³-hybridized carbons (Fsp3) is 0.0541. The maximum absolute atomic E-state index is 13.5. The molecule has 7 rings (SSSR count). The molecule has 0 amide bonds. The van der Waals surface area contributed by atoms with Gasteiger partial charge in [0.25, 0.3) is 5.62 Å². The van der Waals surface area contributed by atoms with Crippen LogP contribution in [0, 0.1) is 0 Å². The number of anilines is 4. The number of nitrogens with one attached hydrogen (secondary N) is 3. The molecule has 2 radical (unpaired) electrons. The number of aliphatic hydroxyl groups is 1. The van der Waals surface area contributed by atoms with Gasteiger partial charge in [0.1, 0.15) is 40.5 Å². The van der Waals surface area contributed by atoms with E-state index in [0.29, 0.717) is 36.4 Å². The molecule has 37 heteroatoms. The van der Waals surface area contributed by atoms with Crippen LogP contribution in [0.5, 0.6) is 23.0 Å². The van der Waals surface area contributed by atoms with Crippen LogP contribution in [0.4, 0.5) is 46.0 Å². The van der Waals surface area contributed by atoms with Crippen LogP contribution in [-0.4, -0.2) is 85.1 Å². The van der Waals surface area contributed by atoms with Gasteiger partial charge >= 0.3 is 152 Å². The summed E-state index contributed by atoms with van der Waals surface area (Å²) in [5, 5.41) is 79.7. The molecule has 0 unspecified atom stereocenters. The van der Waals surface area contributed by atoms with Crippen molar-refractivity contribution in [3.8, 4) is 23.0 Å². The van der Waals surface area contributed by atoms with Crippen molar-refractivity contribution in [3.05, 3.63) is 90.5 Å². The van der Waals surface area contributed by atoms with E-state index in [4.69, 9.17) is 0 Å². The van der Waals surface area contributed by atoms with Crippen molar-refractivity contribution in [1.29, 1.82) is 0 Å². The van der Waals surface area contributed by atoms with Gasteiger partial charge in [0, 0.05) is 11.4 Å². The Labute approximate surface area is 528 Å². The SMILES string of the molecule is O=S(=O)([O-])c1ccc([O-])c(N=Nc2c(S(=O)(=O)[O-])cc3cc(Nc4nc(=NCCO)nc(Nc5ccc6c([O-])c(N=Nc7cc(S(=O)(=O)[O-])ccc7[O-])c(S(=O)(=O)[O-])cc6c5)[nH]4)ccc3c2[O-])c1.[Cu+2].[Cu+2].[Na+].[Na+].[Na+].[Na+]. The fourth-order valence-electron chi connectivity index (χ4n) is 6.08. The summed E-state index contributed by atoms with van der Waals surface area (Å²) in [6, 6.07) is 12.8. The monoisotopic (exact) mass is 1220 g/mol. The van der Waals surface area contributed by atoms with Crippen molar-refractivity contribution in [2.75, 3.05) is 23.8 Å². The van der Waals surface area contributed by atoms with Gasteiger partial charge in [0.15, 0.2) is 0 Å². The number of hydrogen-bond acceptors (Lipinski definition) is 26. The summed E-state index contributed by atoms with van der Waals surface area (Å²) in [4.78, 5) is 11.1. The number of rotatable bonds is 14. The predicted molar refractivity (Wildman–Crippen MR) is 219 cm³/mol. The van der Waals surface area contributed by atoms with Crippen molar-refractivity contribution in [1.82, 2.24) is 15.0 Å². The fourth-order valence-corrected chi connectivity index (χ4v) is 8.34. The quantitative estimate of drug-likeness (QED) is 0.0446. The smallest absolute Gasteiger partial charge is 0.871 e. The zero-order chi connectivity index (χ0) is 49.5. The molecule has 74 heavy (non-hydrogen) atoms. The second-order valence-electron chi connectivity index (χ2n) is 13.7. The number of aliphatic hydroxyl groups excluding tert-OH is 1. The van der Waals surface area contributed by atoms with E-state index < -0.39 is 112 Å². The predicted octanol–water partition coefficient (Wildman–Crippen LogP) is -10.8. The third-order valence-corrected chi connectivity index (χ3v) is 12.5. The van der Waals surface area contributed by atoms with Gasteiger partial charge in [-0.1, -0.05) is 47.3 Å². The number of benzene rings is 6. The molecule has 6 aromatic carbocycles. The van der Waals surface area contributed by atoms with Gasteiger partial charge in [-0.15, -0.1) is 10.2 Å². The van der Waals surface area contributed by atoms with Gasteiger partial charge in [0.2, 0.25) is 11.9 Å². The van der Waals surface area contributed by atoms with E-state index in [1.165, 1.54) is 36.4 Å². The van der Waals surface area contributed by atoms with Gasteiger partial charge in [-0.25, -0.2) is 38.7 Å². The Hall–Kier alpha value is -2.71. The molecule has 0 spiro atoms. The van der Waals surface area contributed by atoms with Crippen molar-refractivity contribution >= 4 is 108 Å². The molecule has 0 bridgehead atoms. The Bertz CT molecular complexity index is 3630. The molecule has 0 aliphatic carbocycles. The second-order valence-corrected chi connectivity index (χ2v) is 19.1. The molecule has 0 fully saturated rings. The first kappa shape index (κ1) is 69.3. The molecular formula is C37H22Cu2N10Na4O17S4.